The van der Waals surface area contributed by atoms with Crippen LogP contribution in [0.3, 0.4) is 0 Å². The third-order valence-electron chi connectivity index (χ3n) is 3.21. The minimum Gasteiger partial charge on any atom is -0.478 e. The zero-order chi connectivity index (χ0) is 12.8. The lowest BCUT2D eigenvalue weighted by atomic mass is 9.97. The number of rotatable bonds is 5. The number of carbonyl (C=O) groups is 1. The summed E-state index contributed by atoms with van der Waals surface area (Å²) in [6.07, 6.45) is 6.21. The molecule has 0 radical (unpaired) electrons. The van der Waals surface area contributed by atoms with Crippen molar-refractivity contribution in [2.24, 2.45) is 5.92 Å². The van der Waals surface area contributed by atoms with Gasteiger partial charge in [-0.2, -0.15) is 0 Å². The lowest BCUT2D eigenvalue weighted by molar-refractivity contribution is -0.119. The summed E-state index contributed by atoms with van der Waals surface area (Å²) in [5.41, 5.74) is 0. The molecule has 18 heavy (non-hydrogen) atoms. The lowest BCUT2D eigenvalue weighted by Gasteiger charge is -2.29. The van der Waals surface area contributed by atoms with Gasteiger partial charge in [-0.25, -0.2) is 9.97 Å². The molecule has 1 saturated heterocycles. The standard InChI is InChI=1S/C12H18N4O2/c1-18-12-11(13-4-5-14-12)15-8-10-2-6-16(9-17)7-3-10/h4-5,9-10H,2-3,6-8H2,1H3,(H,13,15). The maximum atomic E-state index is 10.6. The van der Waals surface area contributed by atoms with Gasteiger partial charge in [0.2, 0.25) is 6.41 Å². The third kappa shape index (κ3) is 3.09. The first-order valence-electron chi connectivity index (χ1n) is 6.11. The molecule has 0 aromatic carbocycles. The van der Waals surface area contributed by atoms with Crippen molar-refractivity contribution in [2.45, 2.75) is 12.8 Å². The fourth-order valence-electron chi connectivity index (χ4n) is 2.10. The van der Waals surface area contributed by atoms with Crippen molar-refractivity contribution >= 4 is 12.2 Å². The van der Waals surface area contributed by atoms with E-state index in [1.807, 2.05) is 4.90 Å². The molecule has 6 heteroatoms. The number of hydrogen-bond acceptors (Lipinski definition) is 5. The molecule has 1 fully saturated rings. The molecule has 0 atom stereocenters. The number of hydrogen-bond donors (Lipinski definition) is 1. The number of aromatic nitrogens is 2. The Labute approximate surface area is 106 Å². The van der Waals surface area contributed by atoms with Crippen LogP contribution in [-0.2, 0) is 4.79 Å². The summed E-state index contributed by atoms with van der Waals surface area (Å²) in [5, 5.41) is 3.26. The number of carbonyl (C=O) groups excluding carboxylic acids is 1. The van der Waals surface area contributed by atoms with Gasteiger partial charge in [-0.15, -0.1) is 0 Å². The van der Waals surface area contributed by atoms with E-state index in [2.05, 4.69) is 15.3 Å². The van der Waals surface area contributed by atoms with Crippen LogP contribution in [0, 0.1) is 5.92 Å². The first-order chi connectivity index (χ1) is 8.83. The second-order valence-electron chi connectivity index (χ2n) is 4.38. The fraction of sp³-hybridized carbons (Fsp3) is 0.583. The Kier molecular flexibility index (Phi) is 4.33. The zero-order valence-corrected chi connectivity index (χ0v) is 10.5. The number of anilines is 1. The highest BCUT2D eigenvalue weighted by molar-refractivity contribution is 5.47. The summed E-state index contributed by atoms with van der Waals surface area (Å²) >= 11 is 0. The molecule has 6 nitrogen and oxygen atoms in total. The number of amides is 1. The summed E-state index contributed by atoms with van der Waals surface area (Å²) < 4.78 is 5.13. The molecule has 1 aliphatic rings. The molecular formula is C12H18N4O2. The van der Waals surface area contributed by atoms with E-state index in [1.165, 1.54) is 0 Å². The van der Waals surface area contributed by atoms with Crippen LogP contribution in [0.15, 0.2) is 12.4 Å². The third-order valence-corrected chi connectivity index (χ3v) is 3.21. The van der Waals surface area contributed by atoms with Crippen molar-refractivity contribution in [3.63, 3.8) is 0 Å². The maximum absolute atomic E-state index is 10.6. The second kappa shape index (κ2) is 6.18. The van der Waals surface area contributed by atoms with Gasteiger partial charge in [-0.1, -0.05) is 0 Å². The van der Waals surface area contributed by atoms with E-state index >= 15 is 0 Å². The molecule has 0 unspecified atom stereocenters. The molecule has 1 aliphatic heterocycles. The number of methoxy groups -OCH3 is 1. The van der Waals surface area contributed by atoms with E-state index in [1.54, 1.807) is 19.5 Å². The molecule has 2 heterocycles. The largest absolute Gasteiger partial charge is 0.478 e. The number of ether oxygens (including phenoxy) is 1. The van der Waals surface area contributed by atoms with Gasteiger partial charge in [-0.3, -0.25) is 4.79 Å². The predicted octanol–water partition coefficient (Wildman–Crippen LogP) is 0.765. The Morgan fingerprint density at radius 3 is 2.83 bits per heavy atom. The molecule has 1 aromatic heterocycles. The highest BCUT2D eigenvalue weighted by Crippen LogP contribution is 2.20. The molecule has 0 bridgehead atoms. The van der Waals surface area contributed by atoms with E-state index in [9.17, 15) is 4.79 Å². The summed E-state index contributed by atoms with van der Waals surface area (Å²) in [6, 6.07) is 0. The van der Waals surface area contributed by atoms with Crippen LogP contribution in [-0.4, -0.2) is 48.0 Å². The average molecular weight is 250 g/mol. The number of nitrogens with zero attached hydrogens (tertiary/aromatic N) is 3. The van der Waals surface area contributed by atoms with Crippen molar-refractivity contribution in [1.29, 1.82) is 0 Å². The van der Waals surface area contributed by atoms with E-state index in [0.29, 0.717) is 17.6 Å². The van der Waals surface area contributed by atoms with Gasteiger partial charge in [0.25, 0.3) is 5.88 Å². The normalized spacial score (nSPS) is 16.4. The Morgan fingerprint density at radius 2 is 2.17 bits per heavy atom. The van der Waals surface area contributed by atoms with Crippen molar-refractivity contribution in [1.82, 2.24) is 14.9 Å². The second-order valence-corrected chi connectivity index (χ2v) is 4.38. The van der Waals surface area contributed by atoms with Crippen LogP contribution in [0.25, 0.3) is 0 Å². The van der Waals surface area contributed by atoms with Crippen molar-refractivity contribution in [3.05, 3.63) is 12.4 Å². The van der Waals surface area contributed by atoms with Gasteiger partial charge >= 0.3 is 0 Å². The highest BCUT2D eigenvalue weighted by atomic mass is 16.5. The molecule has 0 spiro atoms. The first kappa shape index (κ1) is 12.6. The SMILES string of the molecule is COc1nccnc1NCC1CCN(C=O)CC1. The fourth-order valence-corrected chi connectivity index (χ4v) is 2.10. The van der Waals surface area contributed by atoms with Crippen LogP contribution in [0.5, 0.6) is 5.88 Å². The minimum atomic E-state index is 0.517. The molecule has 1 aromatic rings. The van der Waals surface area contributed by atoms with E-state index < -0.39 is 0 Å². The monoisotopic (exact) mass is 250 g/mol. The Bertz CT molecular complexity index is 391. The number of piperidine rings is 1. The van der Waals surface area contributed by atoms with Gasteiger partial charge in [0, 0.05) is 32.0 Å². The summed E-state index contributed by atoms with van der Waals surface area (Å²) in [5.74, 6) is 1.76. The van der Waals surface area contributed by atoms with Gasteiger partial charge in [0.1, 0.15) is 0 Å². The quantitative estimate of drug-likeness (QED) is 0.782. The topological polar surface area (TPSA) is 67.4 Å². The summed E-state index contributed by atoms with van der Waals surface area (Å²) in [7, 11) is 1.58. The predicted molar refractivity (Wildman–Crippen MR) is 67.4 cm³/mol. The van der Waals surface area contributed by atoms with Crippen molar-refractivity contribution < 1.29 is 9.53 Å². The Balaban J connectivity index is 1.83. The maximum Gasteiger partial charge on any atom is 0.257 e. The minimum absolute atomic E-state index is 0.517. The van der Waals surface area contributed by atoms with Crippen LogP contribution < -0.4 is 10.1 Å². The molecule has 98 valence electrons. The average Bonchev–Trinajstić information content (AvgIpc) is 2.46. The van der Waals surface area contributed by atoms with E-state index in [0.717, 1.165) is 38.9 Å². The van der Waals surface area contributed by atoms with Gasteiger partial charge < -0.3 is 15.0 Å². The number of nitrogens with one attached hydrogen (secondary N) is 1. The van der Waals surface area contributed by atoms with Crippen LogP contribution in [0.2, 0.25) is 0 Å². The van der Waals surface area contributed by atoms with Gasteiger partial charge in [-0.05, 0) is 18.8 Å². The molecule has 2 rings (SSSR count). The van der Waals surface area contributed by atoms with Crippen LogP contribution >= 0.6 is 0 Å². The van der Waals surface area contributed by atoms with E-state index in [-0.39, 0.29) is 0 Å². The lowest BCUT2D eigenvalue weighted by Crippen LogP contribution is -2.34. The van der Waals surface area contributed by atoms with Gasteiger partial charge in [0.15, 0.2) is 5.82 Å². The van der Waals surface area contributed by atoms with Gasteiger partial charge in [0.05, 0.1) is 7.11 Å². The first-order valence-corrected chi connectivity index (χ1v) is 6.11. The smallest absolute Gasteiger partial charge is 0.257 e. The molecule has 1 N–H and O–H groups in total. The molecule has 0 saturated carbocycles. The number of likely N-dealkylation sites (tertiary alicyclic amines) is 1. The van der Waals surface area contributed by atoms with Crippen LogP contribution in [0.1, 0.15) is 12.8 Å². The highest BCUT2D eigenvalue weighted by Gasteiger charge is 2.18. The Morgan fingerprint density at radius 1 is 1.44 bits per heavy atom. The molecule has 1 amide bonds. The summed E-state index contributed by atoms with van der Waals surface area (Å²) in [6.45, 7) is 2.52. The van der Waals surface area contributed by atoms with E-state index in [4.69, 9.17) is 4.74 Å². The van der Waals surface area contributed by atoms with Crippen molar-refractivity contribution in [2.75, 3.05) is 32.1 Å². The summed E-state index contributed by atoms with van der Waals surface area (Å²) in [4.78, 5) is 20.7. The molecule has 0 aliphatic carbocycles. The van der Waals surface area contributed by atoms with Crippen LogP contribution in [0.4, 0.5) is 5.82 Å². The Hall–Kier alpha value is -1.85. The molecular weight excluding hydrogens is 232 g/mol. The zero-order valence-electron chi connectivity index (χ0n) is 10.5. The van der Waals surface area contributed by atoms with Crippen molar-refractivity contribution in [3.8, 4) is 5.88 Å².